The van der Waals surface area contributed by atoms with Gasteiger partial charge in [0.25, 0.3) is 0 Å². The summed E-state index contributed by atoms with van der Waals surface area (Å²) >= 11 is 0. The summed E-state index contributed by atoms with van der Waals surface area (Å²) in [5.41, 5.74) is 1.36. The van der Waals surface area contributed by atoms with Gasteiger partial charge in [0.1, 0.15) is 5.82 Å². The molecule has 5 heteroatoms. The first-order valence-corrected chi connectivity index (χ1v) is 6.42. The van der Waals surface area contributed by atoms with Crippen LogP contribution in [0.4, 0.5) is 11.5 Å². The van der Waals surface area contributed by atoms with Gasteiger partial charge in [-0.2, -0.15) is 0 Å². The van der Waals surface area contributed by atoms with E-state index in [9.17, 15) is 4.79 Å². The van der Waals surface area contributed by atoms with Crippen molar-refractivity contribution in [3.63, 3.8) is 0 Å². The largest absolute Gasteiger partial charge is 0.465 e. The predicted molar refractivity (Wildman–Crippen MR) is 80.6 cm³/mol. The zero-order chi connectivity index (χ0) is 14.7. The van der Waals surface area contributed by atoms with Gasteiger partial charge in [-0.25, -0.2) is 9.78 Å². The number of aromatic nitrogens is 2. The van der Waals surface area contributed by atoms with Crippen molar-refractivity contribution in [3.05, 3.63) is 60.6 Å². The minimum absolute atomic E-state index is 0.387. The molecule has 0 bridgehead atoms. The standard InChI is InChI=1S/C16H13N3O2/c1-21-16(20)11-5-8-18-15(9-11)19-14-4-2-3-12-10-17-7-6-13(12)14/h2-10H,1H3,(H,18,19). The van der Waals surface area contributed by atoms with E-state index in [0.29, 0.717) is 11.4 Å². The van der Waals surface area contributed by atoms with Crippen LogP contribution in [-0.2, 0) is 4.74 Å². The van der Waals surface area contributed by atoms with Crippen LogP contribution in [0.15, 0.2) is 55.0 Å². The lowest BCUT2D eigenvalue weighted by Crippen LogP contribution is -2.03. The van der Waals surface area contributed by atoms with Crippen molar-refractivity contribution in [2.75, 3.05) is 12.4 Å². The summed E-state index contributed by atoms with van der Waals surface area (Å²) in [6.07, 6.45) is 5.12. The van der Waals surface area contributed by atoms with E-state index in [2.05, 4.69) is 15.3 Å². The molecule has 0 aliphatic rings. The van der Waals surface area contributed by atoms with E-state index in [1.807, 2.05) is 24.3 Å². The van der Waals surface area contributed by atoms with Gasteiger partial charge in [0.05, 0.1) is 12.7 Å². The number of pyridine rings is 2. The molecular formula is C16H13N3O2. The number of anilines is 2. The van der Waals surface area contributed by atoms with E-state index in [0.717, 1.165) is 16.5 Å². The van der Waals surface area contributed by atoms with Crippen molar-refractivity contribution < 1.29 is 9.53 Å². The van der Waals surface area contributed by atoms with Crippen LogP contribution in [-0.4, -0.2) is 23.0 Å². The molecule has 21 heavy (non-hydrogen) atoms. The third-order valence-corrected chi connectivity index (χ3v) is 3.12. The number of carbonyl (C=O) groups is 1. The van der Waals surface area contributed by atoms with Crippen LogP contribution >= 0.6 is 0 Å². The zero-order valence-corrected chi connectivity index (χ0v) is 11.4. The second-order valence-electron chi connectivity index (χ2n) is 4.45. The fourth-order valence-electron chi connectivity index (χ4n) is 2.11. The fraction of sp³-hybridized carbons (Fsp3) is 0.0625. The molecule has 2 heterocycles. The number of rotatable bonds is 3. The molecule has 104 valence electrons. The smallest absolute Gasteiger partial charge is 0.338 e. The lowest BCUT2D eigenvalue weighted by atomic mass is 10.1. The predicted octanol–water partition coefficient (Wildman–Crippen LogP) is 3.16. The van der Waals surface area contributed by atoms with E-state index in [4.69, 9.17) is 4.74 Å². The summed E-state index contributed by atoms with van der Waals surface area (Å²) in [5, 5.41) is 5.29. The first kappa shape index (κ1) is 13.1. The van der Waals surface area contributed by atoms with Crippen LogP contribution in [0, 0.1) is 0 Å². The number of nitrogens with zero attached hydrogens (tertiary/aromatic N) is 2. The van der Waals surface area contributed by atoms with Crippen molar-refractivity contribution in [2.24, 2.45) is 0 Å². The summed E-state index contributed by atoms with van der Waals surface area (Å²) in [5.74, 6) is 0.199. The molecule has 3 rings (SSSR count). The first-order chi connectivity index (χ1) is 10.3. The summed E-state index contributed by atoms with van der Waals surface area (Å²) in [6, 6.07) is 11.1. The Hall–Kier alpha value is -2.95. The van der Waals surface area contributed by atoms with Crippen molar-refractivity contribution >= 4 is 28.2 Å². The van der Waals surface area contributed by atoms with Crippen LogP contribution < -0.4 is 5.32 Å². The molecule has 0 saturated carbocycles. The Labute approximate surface area is 121 Å². The minimum Gasteiger partial charge on any atom is -0.465 e. The Balaban J connectivity index is 1.97. The molecule has 0 unspecified atom stereocenters. The maximum Gasteiger partial charge on any atom is 0.338 e. The van der Waals surface area contributed by atoms with Gasteiger partial charge >= 0.3 is 5.97 Å². The molecule has 0 fully saturated rings. The summed E-state index contributed by atoms with van der Waals surface area (Å²) in [4.78, 5) is 19.9. The Morgan fingerprint density at radius 3 is 2.95 bits per heavy atom. The molecule has 1 N–H and O–H groups in total. The number of benzene rings is 1. The van der Waals surface area contributed by atoms with E-state index < -0.39 is 0 Å². The van der Waals surface area contributed by atoms with Gasteiger partial charge in [-0.05, 0) is 24.3 Å². The number of carbonyl (C=O) groups excluding carboxylic acids is 1. The topological polar surface area (TPSA) is 64.1 Å². The monoisotopic (exact) mass is 279 g/mol. The summed E-state index contributed by atoms with van der Waals surface area (Å²) in [6.45, 7) is 0. The third-order valence-electron chi connectivity index (χ3n) is 3.12. The first-order valence-electron chi connectivity index (χ1n) is 6.42. The molecule has 0 amide bonds. The number of hydrogen-bond donors (Lipinski definition) is 1. The number of ether oxygens (including phenoxy) is 1. The molecule has 2 aromatic heterocycles. The lowest BCUT2D eigenvalue weighted by molar-refractivity contribution is 0.0600. The van der Waals surface area contributed by atoms with Gasteiger partial charge in [-0.15, -0.1) is 0 Å². The second-order valence-corrected chi connectivity index (χ2v) is 4.45. The minimum atomic E-state index is -0.387. The van der Waals surface area contributed by atoms with Gasteiger partial charge in [-0.3, -0.25) is 4.98 Å². The van der Waals surface area contributed by atoms with Gasteiger partial charge in [-0.1, -0.05) is 12.1 Å². The highest BCUT2D eigenvalue weighted by molar-refractivity contribution is 5.95. The molecule has 0 aliphatic carbocycles. The molecule has 1 aromatic carbocycles. The molecular weight excluding hydrogens is 266 g/mol. The normalized spacial score (nSPS) is 10.3. The third kappa shape index (κ3) is 2.67. The summed E-state index contributed by atoms with van der Waals surface area (Å²) in [7, 11) is 1.35. The van der Waals surface area contributed by atoms with Crippen molar-refractivity contribution in [1.29, 1.82) is 0 Å². The fourth-order valence-corrected chi connectivity index (χ4v) is 2.11. The molecule has 0 saturated heterocycles. The summed E-state index contributed by atoms with van der Waals surface area (Å²) < 4.78 is 4.71. The highest BCUT2D eigenvalue weighted by Gasteiger charge is 2.07. The van der Waals surface area contributed by atoms with Crippen LogP contribution in [0.2, 0.25) is 0 Å². The Bertz CT molecular complexity index is 797. The maximum atomic E-state index is 11.5. The second kappa shape index (κ2) is 5.58. The number of methoxy groups -OCH3 is 1. The Morgan fingerprint density at radius 1 is 1.19 bits per heavy atom. The molecule has 0 spiro atoms. The SMILES string of the molecule is COC(=O)c1ccnc(Nc2cccc3cnccc23)c1. The zero-order valence-electron chi connectivity index (χ0n) is 11.4. The average Bonchev–Trinajstić information content (AvgIpc) is 2.55. The number of esters is 1. The van der Waals surface area contributed by atoms with Crippen molar-refractivity contribution in [1.82, 2.24) is 9.97 Å². The number of fused-ring (bicyclic) bond motifs is 1. The highest BCUT2D eigenvalue weighted by Crippen LogP contribution is 2.25. The molecule has 3 aromatic rings. The number of hydrogen-bond acceptors (Lipinski definition) is 5. The van der Waals surface area contributed by atoms with Crippen molar-refractivity contribution in [3.8, 4) is 0 Å². The van der Waals surface area contributed by atoms with E-state index in [-0.39, 0.29) is 5.97 Å². The number of nitrogens with one attached hydrogen (secondary N) is 1. The van der Waals surface area contributed by atoms with Gasteiger partial charge in [0, 0.05) is 35.1 Å². The van der Waals surface area contributed by atoms with Gasteiger partial charge in [0.2, 0.25) is 0 Å². The van der Waals surface area contributed by atoms with Gasteiger partial charge < -0.3 is 10.1 Å². The lowest BCUT2D eigenvalue weighted by Gasteiger charge is -2.09. The van der Waals surface area contributed by atoms with Crippen LogP contribution in [0.3, 0.4) is 0 Å². The van der Waals surface area contributed by atoms with Crippen molar-refractivity contribution in [2.45, 2.75) is 0 Å². The molecule has 0 atom stereocenters. The maximum absolute atomic E-state index is 11.5. The average molecular weight is 279 g/mol. The Morgan fingerprint density at radius 2 is 2.10 bits per heavy atom. The quantitative estimate of drug-likeness (QED) is 0.746. The molecule has 0 aliphatic heterocycles. The Kier molecular flexibility index (Phi) is 3.47. The van der Waals surface area contributed by atoms with Crippen LogP contribution in [0.25, 0.3) is 10.8 Å². The highest BCUT2D eigenvalue weighted by atomic mass is 16.5. The van der Waals surface area contributed by atoms with Crippen LogP contribution in [0.5, 0.6) is 0 Å². The van der Waals surface area contributed by atoms with E-state index in [1.54, 1.807) is 30.7 Å². The molecule has 5 nitrogen and oxygen atoms in total. The van der Waals surface area contributed by atoms with E-state index >= 15 is 0 Å². The van der Waals surface area contributed by atoms with E-state index in [1.165, 1.54) is 7.11 Å². The molecule has 0 radical (unpaired) electrons. The van der Waals surface area contributed by atoms with Gasteiger partial charge in [0.15, 0.2) is 0 Å². The van der Waals surface area contributed by atoms with Crippen LogP contribution in [0.1, 0.15) is 10.4 Å².